The van der Waals surface area contributed by atoms with E-state index >= 15 is 0 Å². The molecule has 0 radical (unpaired) electrons. The second-order valence-corrected chi connectivity index (χ2v) is 6.87. The number of methoxy groups -OCH3 is 1. The molecular formula is C20H19F3N4O3. The van der Waals surface area contributed by atoms with Crippen LogP contribution < -0.4 is 9.47 Å². The molecule has 1 saturated heterocycles. The molecule has 0 saturated carbocycles. The lowest BCUT2D eigenvalue weighted by molar-refractivity contribution is -0.274. The van der Waals surface area contributed by atoms with Crippen LogP contribution in [0.2, 0.25) is 0 Å². The number of aromatic nitrogens is 3. The van der Waals surface area contributed by atoms with Crippen molar-refractivity contribution in [2.45, 2.75) is 31.8 Å². The molecule has 30 heavy (non-hydrogen) atoms. The topological polar surface area (TPSA) is 73.5 Å². The predicted octanol–water partition coefficient (Wildman–Crippen LogP) is 4.38. The van der Waals surface area contributed by atoms with Gasteiger partial charge in [0.25, 0.3) is 0 Å². The summed E-state index contributed by atoms with van der Waals surface area (Å²) >= 11 is 0. The molecule has 0 N–H and O–H groups in total. The van der Waals surface area contributed by atoms with E-state index < -0.39 is 6.36 Å². The van der Waals surface area contributed by atoms with Crippen molar-refractivity contribution < 1.29 is 27.2 Å². The van der Waals surface area contributed by atoms with Crippen molar-refractivity contribution in [3.8, 4) is 23.0 Å². The van der Waals surface area contributed by atoms with Gasteiger partial charge >= 0.3 is 6.36 Å². The van der Waals surface area contributed by atoms with E-state index in [1.807, 2.05) is 0 Å². The minimum atomic E-state index is -4.70. The fraction of sp³-hybridized carbons (Fsp3) is 0.350. The van der Waals surface area contributed by atoms with Gasteiger partial charge in [0.2, 0.25) is 17.6 Å². The van der Waals surface area contributed by atoms with E-state index in [1.165, 1.54) is 12.1 Å². The minimum Gasteiger partial charge on any atom is -0.481 e. The third-order valence-electron chi connectivity index (χ3n) is 4.84. The van der Waals surface area contributed by atoms with Gasteiger partial charge in [-0.25, -0.2) is 4.98 Å². The molecule has 1 atom stereocenters. The Bertz CT molecular complexity index is 974. The number of rotatable bonds is 6. The summed E-state index contributed by atoms with van der Waals surface area (Å²) in [5.74, 6) is 1.21. The van der Waals surface area contributed by atoms with Crippen molar-refractivity contribution in [2.75, 3.05) is 13.7 Å². The summed E-state index contributed by atoms with van der Waals surface area (Å²) in [7, 11) is 1.54. The van der Waals surface area contributed by atoms with Crippen molar-refractivity contribution in [1.29, 1.82) is 0 Å². The first kappa shape index (κ1) is 20.1. The van der Waals surface area contributed by atoms with Gasteiger partial charge in [0.05, 0.1) is 13.2 Å². The Morgan fingerprint density at radius 3 is 2.63 bits per heavy atom. The molecule has 1 aliphatic rings. The molecule has 2 aromatic heterocycles. The number of hydrogen-bond acceptors (Lipinski definition) is 7. The van der Waals surface area contributed by atoms with Gasteiger partial charge < -0.3 is 14.0 Å². The fourth-order valence-electron chi connectivity index (χ4n) is 3.45. The van der Waals surface area contributed by atoms with Crippen LogP contribution in [0.1, 0.15) is 30.3 Å². The van der Waals surface area contributed by atoms with Gasteiger partial charge in [-0.1, -0.05) is 17.3 Å². The lowest BCUT2D eigenvalue weighted by Gasteiger charge is -2.21. The zero-order chi connectivity index (χ0) is 21.1. The standard InChI is InChI=1S/C20H19F3N4O3/c1-28-17-9-6-14(11-24-17)18-25-19(30-26-18)16-3-2-10-27(16)12-13-4-7-15(8-5-13)29-20(21,22)23/h4-9,11,16H,2-3,10,12H2,1H3/t16-/m0/s1. The Morgan fingerprint density at radius 2 is 1.97 bits per heavy atom. The molecular weight excluding hydrogens is 401 g/mol. The second kappa shape index (κ2) is 8.31. The van der Waals surface area contributed by atoms with E-state index in [9.17, 15) is 13.2 Å². The SMILES string of the molecule is COc1ccc(-c2noc([C@@H]3CCCN3Cc3ccc(OC(F)(F)F)cc3)n2)cn1. The summed E-state index contributed by atoms with van der Waals surface area (Å²) in [6, 6.07) is 9.35. The maximum Gasteiger partial charge on any atom is 0.573 e. The van der Waals surface area contributed by atoms with Gasteiger partial charge in [-0.05, 0) is 43.1 Å². The first-order chi connectivity index (χ1) is 14.4. The van der Waals surface area contributed by atoms with E-state index in [1.54, 1.807) is 37.6 Å². The molecule has 0 aliphatic carbocycles. The quantitative estimate of drug-likeness (QED) is 0.586. The van der Waals surface area contributed by atoms with Gasteiger partial charge in [0.1, 0.15) is 5.75 Å². The third-order valence-corrected chi connectivity index (χ3v) is 4.84. The number of likely N-dealkylation sites (tertiary alicyclic amines) is 1. The van der Waals surface area contributed by atoms with E-state index in [2.05, 4.69) is 24.8 Å². The summed E-state index contributed by atoms with van der Waals surface area (Å²) in [6.45, 7) is 1.38. The zero-order valence-electron chi connectivity index (χ0n) is 16.1. The van der Waals surface area contributed by atoms with Crippen molar-refractivity contribution in [2.24, 2.45) is 0 Å². The summed E-state index contributed by atoms with van der Waals surface area (Å²) in [5, 5.41) is 4.06. The summed E-state index contributed by atoms with van der Waals surface area (Å²) in [5.41, 5.74) is 1.59. The highest BCUT2D eigenvalue weighted by molar-refractivity contribution is 5.53. The Labute approximate surface area is 170 Å². The molecule has 4 rings (SSSR count). The van der Waals surface area contributed by atoms with E-state index in [4.69, 9.17) is 9.26 Å². The van der Waals surface area contributed by atoms with E-state index in [0.29, 0.717) is 24.1 Å². The van der Waals surface area contributed by atoms with Crippen LogP contribution in [0.25, 0.3) is 11.4 Å². The largest absolute Gasteiger partial charge is 0.573 e. The summed E-state index contributed by atoms with van der Waals surface area (Å²) in [6.07, 6.45) is -1.26. The van der Waals surface area contributed by atoms with Crippen LogP contribution in [0, 0.1) is 0 Å². The molecule has 0 amide bonds. The third kappa shape index (κ3) is 4.70. The van der Waals surface area contributed by atoms with E-state index in [-0.39, 0.29) is 11.8 Å². The number of benzene rings is 1. The first-order valence-electron chi connectivity index (χ1n) is 9.34. The monoisotopic (exact) mass is 420 g/mol. The minimum absolute atomic E-state index is 0.0523. The zero-order valence-corrected chi connectivity index (χ0v) is 16.1. The van der Waals surface area contributed by atoms with Gasteiger partial charge in [0, 0.05) is 24.4 Å². The maximum atomic E-state index is 12.3. The molecule has 0 spiro atoms. The molecule has 7 nitrogen and oxygen atoms in total. The Balaban J connectivity index is 1.44. The molecule has 0 bridgehead atoms. The summed E-state index contributed by atoms with van der Waals surface area (Å²) < 4.78 is 51.4. The summed E-state index contributed by atoms with van der Waals surface area (Å²) in [4.78, 5) is 10.8. The fourth-order valence-corrected chi connectivity index (χ4v) is 3.45. The van der Waals surface area contributed by atoms with Crippen molar-refractivity contribution in [1.82, 2.24) is 20.0 Å². The van der Waals surface area contributed by atoms with Crippen LogP contribution in [-0.2, 0) is 6.54 Å². The molecule has 3 aromatic rings. The van der Waals surface area contributed by atoms with Crippen LogP contribution in [-0.4, -0.2) is 40.0 Å². The normalized spacial score (nSPS) is 17.3. The number of hydrogen-bond donors (Lipinski definition) is 0. The van der Waals surface area contributed by atoms with Gasteiger partial charge in [-0.15, -0.1) is 13.2 Å². The van der Waals surface area contributed by atoms with Crippen molar-refractivity contribution in [3.63, 3.8) is 0 Å². The molecule has 1 aromatic carbocycles. The predicted molar refractivity (Wildman–Crippen MR) is 99.6 cm³/mol. The average Bonchev–Trinajstić information content (AvgIpc) is 3.38. The number of ether oxygens (including phenoxy) is 2. The Morgan fingerprint density at radius 1 is 1.17 bits per heavy atom. The molecule has 3 heterocycles. The van der Waals surface area contributed by atoms with Gasteiger partial charge in [-0.2, -0.15) is 4.98 Å². The highest BCUT2D eigenvalue weighted by Gasteiger charge is 2.32. The average molecular weight is 420 g/mol. The second-order valence-electron chi connectivity index (χ2n) is 6.87. The molecule has 158 valence electrons. The highest BCUT2D eigenvalue weighted by Crippen LogP contribution is 2.33. The number of halogens is 3. The van der Waals surface area contributed by atoms with Crippen molar-refractivity contribution in [3.05, 3.63) is 54.0 Å². The number of alkyl halides is 3. The highest BCUT2D eigenvalue weighted by atomic mass is 19.4. The molecule has 0 unspecified atom stereocenters. The Hall–Kier alpha value is -3.14. The number of nitrogens with zero attached hydrogens (tertiary/aromatic N) is 4. The van der Waals surface area contributed by atoms with Crippen LogP contribution in [0.4, 0.5) is 13.2 Å². The molecule has 1 aliphatic heterocycles. The van der Waals surface area contributed by atoms with Crippen LogP contribution in [0.15, 0.2) is 47.1 Å². The Kier molecular flexibility index (Phi) is 5.58. The maximum absolute atomic E-state index is 12.3. The first-order valence-corrected chi connectivity index (χ1v) is 9.34. The lowest BCUT2D eigenvalue weighted by Crippen LogP contribution is -2.23. The van der Waals surface area contributed by atoms with E-state index in [0.717, 1.165) is 30.5 Å². The number of pyridine rings is 1. The van der Waals surface area contributed by atoms with Crippen LogP contribution in [0.5, 0.6) is 11.6 Å². The van der Waals surface area contributed by atoms with Gasteiger partial charge in [-0.3, -0.25) is 4.90 Å². The smallest absolute Gasteiger partial charge is 0.481 e. The van der Waals surface area contributed by atoms with Gasteiger partial charge in [0.15, 0.2) is 0 Å². The lowest BCUT2D eigenvalue weighted by atomic mass is 10.1. The van der Waals surface area contributed by atoms with Crippen LogP contribution >= 0.6 is 0 Å². The van der Waals surface area contributed by atoms with Crippen LogP contribution in [0.3, 0.4) is 0 Å². The molecule has 10 heteroatoms. The molecule has 1 fully saturated rings. The van der Waals surface area contributed by atoms with Crippen molar-refractivity contribution >= 4 is 0 Å².